The predicted molar refractivity (Wildman–Crippen MR) is 62.0 cm³/mol. The van der Waals surface area contributed by atoms with Crippen molar-refractivity contribution < 1.29 is 43.9 Å². The van der Waals surface area contributed by atoms with E-state index in [2.05, 4.69) is 14.3 Å². The molecule has 1 aliphatic rings. The summed E-state index contributed by atoms with van der Waals surface area (Å²) >= 11 is 0. The first-order chi connectivity index (χ1) is 8.44. The Labute approximate surface area is 110 Å². The normalized spacial score (nSPS) is 15.4. The molecule has 0 aliphatic carbocycles. The van der Waals surface area contributed by atoms with Crippen LogP contribution in [0.4, 0.5) is 0 Å². The van der Waals surface area contributed by atoms with E-state index in [4.69, 9.17) is 23.5 Å². The standard InChI is InChI=1S/C4H10N2.H2O7S2.HO3P/c1-2-6-4-3-5-1;1-8(2,3)7-9(4,5)6;1-4(2)3/h5-6H,1-4H2;(H,1,2,3)(H,4,5,6);(H-,1,2,3)/p+1. The Kier molecular flexibility index (Phi) is 11.6. The maximum Gasteiger partial charge on any atom is 0.692 e. The molecule has 1 heterocycles. The minimum Gasteiger partial charge on any atom is -0.314 e. The van der Waals surface area contributed by atoms with Gasteiger partial charge in [0.05, 0.1) is 0 Å². The first-order valence-electron chi connectivity index (χ1n) is 4.36. The van der Waals surface area contributed by atoms with Crippen LogP contribution in [0.2, 0.25) is 0 Å². The van der Waals surface area contributed by atoms with Gasteiger partial charge in [-0.1, -0.05) is 0 Å². The molecular weight excluding hydrogens is 331 g/mol. The van der Waals surface area contributed by atoms with Crippen LogP contribution in [0.15, 0.2) is 0 Å². The first kappa shape index (κ1) is 21.0. The Balaban J connectivity index is 0. The van der Waals surface area contributed by atoms with Crippen molar-refractivity contribution in [2.75, 3.05) is 26.2 Å². The summed E-state index contributed by atoms with van der Waals surface area (Å²) in [7, 11) is -13.1. The molecular formula is C4H14N2O10PS2+. The second kappa shape index (κ2) is 10.5. The van der Waals surface area contributed by atoms with Gasteiger partial charge >= 0.3 is 29.1 Å². The van der Waals surface area contributed by atoms with Crippen LogP contribution in [-0.2, 0) is 29.0 Å². The largest absolute Gasteiger partial charge is 0.692 e. The van der Waals surface area contributed by atoms with E-state index in [-0.39, 0.29) is 0 Å². The van der Waals surface area contributed by atoms with Gasteiger partial charge < -0.3 is 10.6 Å². The Hall–Kier alpha value is -0.280. The molecule has 15 heteroatoms. The van der Waals surface area contributed by atoms with Crippen molar-refractivity contribution in [2.24, 2.45) is 0 Å². The van der Waals surface area contributed by atoms with Crippen molar-refractivity contribution in [3.63, 3.8) is 0 Å². The molecule has 0 radical (unpaired) electrons. The number of piperazine rings is 1. The van der Waals surface area contributed by atoms with Crippen LogP contribution < -0.4 is 10.6 Å². The van der Waals surface area contributed by atoms with Crippen LogP contribution >= 0.6 is 8.25 Å². The minimum atomic E-state index is -5.12. The number of hydrogen-bond donors (Lipinski definition) is 6. The lowest BCUT2D eigenvalue weighted by atomic mass is 10.4. The van der Waals surface area contributed by atoms with Gasteiger partial charge in [0.1, 0.15) is 0 Å². The van der Waals surface area contributed by atoms with Gasteiger partial charge in [0.25, 0.3) is 0 Å². The lowest BCUT2D eigenvalue weighted by Crippen LogP contribution is -2.39. The van der Waals surface area contributed by atoms with Gasteiger partial charge in [-0.25, -0.2) is 0 Å². The zero-order chi connectivity index (χ0) is 15.5. The summed E-state index contributed by atoms with van der Waals surface area (Å²) in [6, 6.07) is 0. The molecule has 0 bridgehead atoms. The molecule has 0 unspecified atom stereocenters. The van der Waals surface area contributed by atoms with Gasteiger partial charge in [-0.05, 0) is 0 Å². The van der Waals surface area contributed by atoms with Crippen LogP contribution in [0.5, 0.6) is 0 Å². The Bertz CT molecular complexity index is 397. The summed E-state index contributed by atoms with van der Waals surface area (Å²) in [4.78, 5) is 14.2. The molecule has 6 N–H and O–H groups in total. The molecule has 0 aromatic rings. The van der Waals surface area contributed by atoms with E-state index in [9.17, 15) is 16.8 Å². The zero-order valence-electron chi connectivity index (χ0n) is 9.33. The molecule has 0 aromatic carbocycles. The predicted octanol–water partition coefficient (Wildman–Crippen LogP) is -2.58. The highest BCUT2D eigenvalue weighted by molar-refractivity contribution is 7.94. The average Bonchev–Trinajstić information content (AvgIpc) is 2.14. The smallest absolute Gasteiger partial charge is 0.314 e. The van der Waals surface area contributed by atoms with Crippen molar-refractivity contribution in [2.45, 2.75) is 0 Å². The molecule has 0 atom stereocenters. The molecule has 1 saturated heterocycles. The SMILES string of the molecule is C1CNCCN1.O=S(=O)(O)OS(=O)(=O)O.O=[P+](O)O. The van der Waals surface area contributed by atoms with Gasteiger partial charge in [-0.15, -0.1) is 13.4 Å². The Morgan fingerprint density at radius 1 is 0.842 bits per heavy atom. The fourth-order valence-corrected chi connectivity index (χ4v) is 1.58. The van der Waals surface area contributed by atoms with Gasteiger partial charge in [0.15, 0.2) is 0 Å². The van der Waals surface area contributed by atoms with Crippen molar-refractivity contribution in [3.8, 4) is 0 Å². The summed E-state index contributed by atoms with van der Waals surface area (Å²) < 4.78 is 64.3. The van der Waals surface area contributed by atoms with E-state index in [1.165, 1.54) is 0 Å². The molecule has 1 fully saturated rings. The third-order valence-electron chi connectivity index (χ3n) is 1.13. The quantitative estimate of drug-likeness (QED) is 0.226. The fraction of sp³-hybridized carbons (Fsp3) is 1.00. The second-order valence-electron chi connectivity index (χ2n) is 2.68. The van der Waals surface area contributed by atoms with Gasteiger partial charge in [-0.2, -0.15) is 16.8 Å². The summed E-state index contributed by atoms with van der Waals surface area (Å²) in [5, 5.41) is 6.44. The van der Waals surface area contributed by atoms with Crippen molar-refractivity contribution in [1.82, 2.24) is 10.6 Å². The van der Waals surface area contributed by atoms with E-state index in [0.29, 0.717) is 0 Å². The minimum absolute atomic E-state index is 1.14. The van der Waals surface area contributed by atoms with Crippen LogP contribution in [0.25, 0.3) is 0 Å². The Morgan fingerprint density at radius 2 is 1.05 bits per heavy atom. The summed E-state index contributed by atoms with van der Waals surface area (Å²) in [5.41, 5.74) is 0. The van der Waals surface area contributed by atoms with E-state index in [0.717, 1.165) is 26.2 Å². The summed E-state index contributed by atoms with van der Waals surface area (Å²) in [6.07, 6.45) is 0. The highest BCUT2D eigenvalue weighted by atomic mass is 32.3. The van der Waals surface area contributed by atoms with Crippen molar-refractivity contribution in [3.05, 3.63) is 0 Å². The van der Waals surface area contributed by atoms with E-state index in [1.807, 2.05) is 0 Å². The molecule has 0 amide bonds. The average molecular weight is 345 g/mol. The molecule has 0 saturated carbocycles. The third-order valence-corrected chi connectivity index (χ3v) is 2.50. The molecule has 116 valence electrons. The van der Waals surface area contributed by atoms with Gasteiger partial charge in [0.2, 0.25) is 0 Å². The molecule has 1 rings (SSSR count). The number of hydrogen-bond acceptors (Lipinski definition) is 8. The summed E-state index contributed by atoms with van der Waals surface area (Å²) in [6.45, 7) is 4.56. The highest BCUT2D eigenvalue weighted by Gasteiger charge is 2.15. The van der Waals surface area contributed by atoms with Crippen LogP contribution in [0.3, 0.4) is 0 Å². The number of rotatable bonds is 2. The lowest BCUT2D eigenvalue weighted by Gasteiger charge is -2.11. The Morgan fingerprint density at radius 3 is 1.11 bits per heavy atom. The molecule has 12 nitrogen and oxygen atoms in total. The van der Waals surface area contributed by atoms with Crippen LogP contribution in [0, 0.1) is 0 Å². The monoisotopic (exact) mass is 345 g/mol. The van der Waals surface area contributed by atoms with E-state index >= 15 is 0 Å². The van der Waals surface area contributed by atoms with Gasteiger partial charge in [-0.3, -0.25) is 9.11 Å². The van der Waals surface area contributed by atoms with E-state index in [1.54, 1.807) is 0 Å². The maximum absolute atomic E-state index is 9.44. The number of nitrogens with one attached hydrogen (secondary N) is 2. The molecule has 0 aromatic heterocycles. The summed E-state index contributed by atoms with van der Waals surface area (Å²) in [5.74, 6) is 0. The molecule has 1 aliphatic heterocycles. The first-order valence-corrected chi connectivity index (χ1v) is 8.26. The van der Waals surface area contributed by atoms with Crippen molar-refractivity contribution >= 4 is 29.1 Å². The molecule has 0 spiro atoms. The van der Waals surface area contributed by atoms with Crippen LogP contribution in [-0.4, -0.2) is 61.9 Å². The van der Waals surface area contributed by atoms with Crippen molar-refractivity contribution in [1.29, 1.82) is 0 Å². The van der Waals surface area contributed by atoms with E-state index < -0.39 is 29.1 Å². The lowest BCUT2D eigenvalue weighted by molar-refractivity contribution is 0.344. The topological polar surface area (TPSA) is 200 Å². The zero-order valence-corrected chi connectivity index (χ0v) is 11.9. The third kappa shape index (κ3) is 31.9. The van der Waals surface area contributed by atoms with Crippen LogP contribution in [0.1, 0.15) is 0 Å². The van der Waals surface area contributed by atoms with Gasteiger partial charge in [0, 0.05) is 30.7 Å². The highest BCUT2D eigenvalue weighted by Crippen LogP contribution is 1.98. The second-order valence-corrected chi connectivity index (χ2v) is 5.44. The fourth-order valence-electron chi connectivity index (χ4n) is 0.712. The maximum atomic E-state index is 9.44. The molecule has 19 heavy (non-hydrogen) atoms.